The lowest BCUT2D eigenvalue weighted by atomic mass is 10.2. The van der Waals surface area contributed by atoms with Gasteiger partial charge >= 0.3 is 0 Å². The van der Waals surface area contributed by atoms with Gasteiger partial charge in [-0.1, -0.05) is 22.9 Å². The van der Waals surface area contributed by atoms with Crippen LogP contribution in [0.1, 0.15) is 0 Å². The van der Waals surface area contributed by atoms with Crippen LogP contribution in [0.25, 0.3) is 10.4 Å². The first-order chi connectivity index (χ1) is 6.79. The summed E-state index contributed by atoms with van der Waals surface area (Å²) in [7, 11) is 1.66. The van der Waals surface area contributed by atoms with Crippen molar-refractivity contribution in [1.29, 1.82) is 0 Å². The summed E-state index contributed by atoms with van der Waals surface area (Å²) in [4.78, 5) is 5.06. The molecule has 0 saturated heterocycles. The van der Waals surface area contributed by atoms with E-state index >= 15 is 0 Å². The number of aromatic nitrogens is 1. The van der Waals surface area contributed by atoms with Crippen LogP contribution in [0, 0.1) is 0 Å². The van der Waals surface area contributed by atoms with E-state index in [2.05, 4.69) is 4.98 Å². The lowest BCUT2D eigenvalue weighted by Crippen LogP contribution is -1.75. The molecule has 0 unspecified atom stereocenters. The van der Waals surface area contributed by atoms with Crippen LogP contribution < -0.4 is 4.74 Å². The van der Waals surface area contributed by atoms with E-state index < -0.39 is 0 Å². The second kappa shape index (κ2) is 3.98. The Bertz CT molecular complexity index is 441. The summed E-state index contributed by atoms with van der Waals surface area (Å²) in [6.45, 7) is 0. The number of pyridine rings is 1. The van der Waals surface area contributed by atoms with Gasteiger partial charge in [-0.25, -0.2) is 4.98 Å². The van der Waals surface area contributed by atoms with Crippen LogP contribution >= 0.6 is 22.9 Å². The molecule has 2 aromatic heterocycles. The van der Waals surface area contributed by atoms with Crippen LogP contribution in [0.15, 0.2) is 30.5 Å². The van der Waals surface area contributed by atoms with E-state index in [1.54, 1.807) is 24.6 Å². The van der Waals surface area contributed by atoms with Crippen LogP contribution in [0.4, 0.5) is 0 Å². The monoisotopic (exact) mass is 225 g/mol. The molecule has 0 atom stereocenters. The van der Waals surface area contributed by atoms with Crippen molar-refractivity contribution >= 4 is 22.9 Å². The molecule has 0 bridgehead atoms. The van der Waals surface area contributed by atoms with Crippen LogP contribution in [0.2, 0.25) is 5.15 Å². The molecule has 0 aromatic carbocycles. The van der Waals surface area contributed by atoms with Gasteiger partial charge in [0.1, 0.15) is 5.15 Å². The fourth-order valence-corrected chi connectivity index (χ4v) is 2.13. The molecule has 0 radical (unpaired) electrons. The van der Waals surface area contributed by atoms with Crippen LogP contribution in [0.5, 0.6) is 5.06 Å². The first kappa shape index (κ1) is 9.49. The van der Waals surface area contributed by atoms with Gasteiger partial charge in [0.2, 0.25) is 0 Å². The number of rotatable bonds is 2. The van der Waals surface area contributed by atoms with Crippen molar-refractivity contribution in [3.63, 3.8) is 0 Å². The predicted molar refractivity (Wildman–Crippen MR) is 59.1 cm³/mol. The smallest absolute Gasteiger partial charge is 0.173 e. The zero-order chi connectivity index (χ0) is 9.97. The fraction of sp³-hybridized carbons (Fsp3) is 0.100. The standard InChI is InChI=1S/C10H8ClNOS/c1-13-10-3-2-8(14-10)7-4-5-12-9(11)6-7/h2-6H,1H3. The quantitative estimate of drug-likeness (QED) is 0.731. The Balaban J connectivity index is 2.39. The summed E-state index contributed by atoms with van der Waals surface area (Å²) in [5, 5.41) is 1.41. The van der Waals surface area contributed by atoms with Gasteiger partial charge in [0.05, 0.1) is 7.11 Å². The Labute approximate surface area is 91.1 Å². The fourth-order valence-electron chi connectivity index (χ4n) is 1.14. The second-order valence-electron chi connectivity index (χ2n) is 2.69. The highest BCUT2D eigenvalue weighted by Gasteiger charge is 2.03. The molecule has 2 aromatic rings. The van der Waals surface area contributed by atoms with Gasteiger partial charge in [-0.15, -0.1) is 0 Å². The number of hydrogen-bond acceptors (Lipinski definition) is 3. The number of hydrogen-bond donors (Lipinski definition) is 0. The van der Waals surface area contributed by atoms with Crippen molar-refractivity contribution < 1.29 is 4.74 Å². The normalized spacial score (nSPS) is 10.1. The molecule has 0 fully saturated rings. The van der Waals surface area contributed by atoms with Crippen LogP contribution in [-0.4, -0.2) is 12.1 Å². The lowest BCUT2D eigenvalue weighted by molar-refractivity contribution is 0.427. The maximum Gasteiger partial charge on any atom is 0.173 e. The zero-order valence-corrected chi connectivity index (χ0v) is 9.10. The lowest BCUT2D eigenvalue weighted by Gasteiger charge is -1.96. The van der Waals surface area contributed by atoms with Gasteiger partial charge in [0.25, 0.3) is 0 Å². The maximum atomic E-state index is 5.80. The summed E-state index contributed by atoms with van der Waals surface area (Å²) in [5.74, 6) is 0. The Morgan fingerprint density at radius 3 is 2.86 bits per heavy atom. The van der Waals surface area contributed by atoms with Crippen molar-refractivity contribution in [2.45, 2.75) is 0 Å². The van der Waals surface area contributed by atoms with Crippen molar-refractivity contribution in [2.75, 3.05) is 7.11 Å². The van der Waals surface area contributed by atoms with Crippen molar-refractivity contribution in [3.05, 3.63) is 35.6 Å². The minimum atomic E-state index is 0.509. The summed E-state index contributed by atoms with van der Waals surface area (Å²) in [6, 6.07) is 7.72. The van der Waals surface area contributed by atoms with Crippen LogP contribution in [-0.2, 0) is 0 Å². The SMILES string of the molecule is COc1ccc(-c2ccnc(Cl)c2)s1. The molecule has 0 N–H and O–H groups in total. The molecule has 0 aliphatic rings. The number of halogens is 1. The third-order valence-electron chi connectivity index (χ3n) is 1.79. The molecule has 0 spiro atoms. The van der Waals surface area contributed by atoms with E-state index in [4.69, 9.17) is 16.3 Å². The van der Waals surface area contributed by atoms with E-state index in [9.17, 15) is 0 Å². The molecular weight excluding hydrogens is 218 g/mol. The van der Waals surface area contributed by atoms with Gasteiger partial charge in [-0.2, -0.15) is 0 Å². The third kappa shape index (κ3) is 1.89. The van der Waals surface area contributed by atoms with E-state index in [-0.39, 0.29) is 0 Å². The summed E-state index contributed by atoms with van der Waals surface area (Å²) >= 11 is 7.38. The highest BCUT2D eigenvalue weighted by Crippen LogP contribution is 2.33. The molecule has 0 aliphatic heterocycles. The molecule has 2 nitrogen and oxygen atoms in total. The van der Waals surface area contributed by atoms with Crippen LogP contribution in [0.3, 0.4) is 0 Å². The third-order valence-corrected chi connectivity index (χ3v) is 3.10. The van der Waals surface area contributed by atoms with Gasteiger partial charge in [0, 0.05) is 11.1 Å². The van der Waals surface area contributed by atoms with Gasteiger partial charge in [-0.3, -0.25) is 0 Å². The molecule has 72 valence electrons. The van der Waals surface area contributed by atoms with Gasteiger partial charge in [0.15, 0.2) is 5.06 Å². The van der Waals surface area contributed by atoms with Gasteiger partial charge < -0.3 is 4.74 Å². The molecule has 0 saturated carbocycles. The average molecular weight is 226 g/mol. The van der Waals surface area contributed by atoms with E-state index in [1.165, 1.54) is 0 Å². The second-order valence-corrected chi connectivity index (χ2v) is 4.12. The largest absolute Gasteiger partial charge is 0.487 e. The van der Waals surface area contributed by atoms with E-state index in [0.29, 0.717) is 5.15 Å². The average Bonchev–Trinajstić information content (AvgIpc) is 2.66. The Kier molecular flexibility index (Phi) is 2.70. The summed E-state index contributed by atoms with van der Waals surface area (Å²) < 4.78 is 5.12. The van der Waals surface area contributed by atoms with Crippen molar-refractivity contribution in [2.24, 2.45) is 0 Å². The maximum absolute atomic E-state index is 5.80. The number of thiophene rings is 1. The first-order valence-corrected chi connectivity index (χ1v) is 5.25. The van der Waals surface area contributed by atoms with Crippen molar-refractivity contribution in [1.82, 2.24) is 4.98 Å². The number of ether oxygens (including phenoxy) is 1. The molecule has 14 heavy (non-hydrogen) atoms. The highest BCUT2D eigenvalue weighted by atomic mass is 35.5. The summed E-state index contributed by atoms with van der Waals surface area (Å²) in [5.41, 5.74) is 1.07. The first-order valence-electron chi connectivity index (χ1n) is 4.05. The Morgan fingerprint density at radius 2 is 2.21 bits per heavy atom. The van der Waals surface area contributed by atoms with Crippen molar-refractivity contribution in [3.8, 4) is 15.5 Å². The predicted octanol–water partition coefficient (Wildman–Crippen LogP) is 3.47. The Morgan fingerprint density at radius 1 is 1.36 bits per heavy atom. The minimum Gasteiger partial charge on any atom is -0.487 e. The van der Waals surface area contributed by atoms with Gasteiger partial charge in [-0.05, 0) is 29.8 Å². The number of methoxy groups -OCH3 is 1. The molecule has 4 heteroatoms. The topological polar surface area (TPSA) is 22.1 Å². The molecule has 0 aliphatic carbocycles. The minimum absolute atomic E-state index is 0.509. The zero-order valence-electron chi connectivity index (χ0n) is 7.53. The Hall–Kier alpha value is -1.06. The highest BCUT2D eigenvalue weighted by molar-refractivity contribution is 7.17. The van der Waals surface area contributed by atoms with E-state index in [0.717, 1.165) is 15.5 Å². The molecule has 0 amide bonds. The number of nitrogens with zero attached hydrogens (tertiary/aromatic N) is 1. The molecule has 2 heterocycles. The molecular formula is C10H8ClNOS. The summed E-state index contributed by atoms with van der Waals surface area (Å²) in [6.07, 6.45) is 1.70. The van der Waals surface area contributed by atoms with E-state index in [1.807, 2.05) is 24.3 Å². The molecule has 2 rings (SSSR count).